The van der Waals surface area contributed by atoms with E-state index < -0.39 is 0 Å². The Morgan fingerprint density at radius 1 is 1.11 bits per heavy atom. The second-order valence-electron chi connectivity index (χ2n) is 5.91. The Kier molecular flexibility index (Phi) is 5.09. The second-order valence-corrected chi connectivity index (χ2v) is 7.74. The second kappa shape index (κ2) is 7.66. The van der Waals surface area contributed by atoms with Gasteiger partial charge >= 0.3 is 0 Å². The number of halogens is 1. The van der Waals surface area contributed by atoms with Gasteiger partial charge in [0.1, 0.15) is 11.5 Å². The van der Waals surface area contributed by atoms with Crippen molar-refractivity contribution in [1.82, 2.24) is 14.9 Å². The van der Waals surface area contributed by atoms with E-state index in [1.807, 2.05) is 30.5 Å². The molecule has 27 heavy (non-hydrogen) atoms. The molecular weight excluding hydrogens is 383 g/mol. The first-order chi connectivity index (χ1) is 13.1. The van der Waals surface area contributed by atoms with Crippen molar-refractivity contribution in [3.63, 3.8) is 0 Å². The molecule has 0 fully saturated rings. The maximum Gasteiger partial charge on any atom is 0.297 e. The summed E-state index contributed by atoms with van der Waals surface area (Å²) in [6.07, 6.45) is 2.41. The Bertz CT molecular complexity index is 1060. The highest BCUT2D eigenvalue weighted by Crippen LogP contribution is 2.21. The summed E-state index contributed by atoms with van der Waals surface area (Å²) in [5.41, 5.74) is 2.55. The third kappa shape index (κ3) is 3.81. The molecule has 0 saturated heterocycles. The molecule has 0 unspecified atom stereocenters. The molecule has 8 heteroatoms. The first-order valence-corrected chi connectivity index (χ1v) is 10.4. The van der Waals surface area contributed by atoms with Gasteiger partial charge in [-0.1, -0.05) is 36.0 Å². The van der Waals surface area contributed by atoms with Gasteiger partial charge in [-0.25, -0.2) is 4.39 Å². The monoisotopic (exact) mass is 398 g/mol. The van der Waals surface area contributed by atoms with Crippen LogP contribution in [-0.2, 0) is 6.42 Å². The smallest absolute Gasteiger partial charge is 0.265 e. The molecule has 0 N–H and O–H groups in total. The van der Waals surface area contributed by atoms with Crippen LogP contribution in [0.2, 0.25) is 0 Å². The summed E-state index contributed by atoms with van der Waals surface area (Å²) in [6, 6.07) is 14.1. The molecule has 0 bridgehead atoms. The summed E-state index contributed by atoms with van der Waals surface area (Å²) in [5, 5.41) is 13.2. The van der Waals surface area contributed by atoms with E-state index in [1.165, 1.54) is 28.6 Å². The molecule has 2 heterocycles. The van der Waals surface area contributed by atoms with Gasteiger partial charge in [-0.15, -0.1) is 22.0 Å². The van der Waals surface area contributed by atoms with Gasteiger partial charge in [0, 0.05) is 17.1 Å². The fourth-order valence-electron chi connectivity index (χ4n) is 2.69. The average molecular weight is 398 g/mol. The normalized spacial score (nSPS) is 13.2. The van der Waals surface area contributed by atoms with E-state index >= 15 is 0 Å². The lowest BCUT2D eigenvalue weighted by Crippen LogP contribution is -2.29. The third-order valence-corrected chi connectivity index (χ3v) is 5.82. The van der Waals surface area contributed by atoms with Gasteiger partial charge in [0.2, 0.25) is 5.16 Å². The standard InChI is InChI=1S/C19H15FN4OS2/c1-26-15-8-2-12(3-9-15)10-16-18(25)24-19(22-21-16)27-11-17(23-24)13-4-6-14(20)7-5-13/h2-9H,10-11H2,1H3. The van der Waals surface area contributed by atoms with Crippen LogP contribution in [0.3, 0.4) is 0 Å². The minimum absolute atomic E-state index is 0.277. The van der Waals surface area contributed by atoms with Gasteiger partial charge in [0.25, 0.3) is 5.56 Å². The van der Waals surface area contributed by atoms with Gasteiger partial charge in [-0.3, -0.25) is 4.79 Å². The summed E-state index contributed by atoms with van der Waals surface area (Å²) in [7, 11) is 0. The lowest BCUT2D eigenvalue weighted by molar-refractivity contribution is 0.621. The van der Waals surface area contributed by atoms with Crippen molar-refractivity contribution in [2.75, 3.05) is 12.0 Å². The Morgan fingerprint density at radius 3 is 2.56 bits per heavy atom. The zero-order chi connectivity index (χ0) is 18.8. The van der Waals surface area contributed by atoms with Crippen LogP contribution in [0, 0.1) is 5.82 Å². The molecule has 0 atom stereocenters. The van der Waals surface area contributed by atoms with E-state index in [9.17, 15) is 9.18 Å². The van der Waals surface area contributed by atoms with E-state index in [-0.39, 0.29) is 11.4 Å². The Hall–Kier alpha value is -2.45. The minimum atomic E-state index is -0.305. The third-order valence-electron chi connectivity index (χ3n) is 4.14. The summed E-state index contributed by atoms with van der Waals surface area (Å²) in [5.74, 6) is 0.246. The molecule has 0 amide bonds. The summed E-state index contributed by atoms with van der Waals surface area (Å²) < 4.78 is 14.4. The molecular formula is C19H15FN4OS2. The largest absolute Gasteiger partial charge is 0.297 e. The maximum atomic E-state index is 13.1. The van der Waals surface area contributed by atoms with Gasteiger partial charge in [-0.05, 0) is 41.6 Å². The molecule has 0 aliphatic carbocycles. The average Bonchev–Trinajstić information content (AvgIpc) is 2.71. The van der Waals surface area contributed by atoms with Crippen LogP contribution >= 0.6 is 23.5 Å². The van der Waals surface area contributed by atoms with E-state index in [0.717, 1.165) is 16.0 Å². The van der Waals surface area contributed by atoms with E-state index in [2.05, 4.69) is 15.3 Å². The first-order valence-electron chi connectivity index (χ1n) is 8.22. The lowest BCUT2D eigenvalue weighted by atomic mass is 10.1. The summed E-state index contributed by atoms with van der Waals surface area (Å²) >= 11 is 3.06. The van der Waals surface area contributed by atoms with Gasteiger partial charge in [-0.2, -0.15) is 9.78 Å². The molecule has 0 radical (unpaired) electrons. The molecule has 1 aliphatic rings. The lowest BCUT2D eigenvalue weighted by Gasteiger charge is -2.15. The Balaban J connectivity index is 1.67. The minimum Gasteiger partial charge on any atom is -0.265 e. The van der Waals surface area contributed by atoms with Crippen molar-refractivity contribution in [3.8, 4) is 0 Å². The first kappa shape index (κ1) is 17.9. The molecule has 0 spiro atoms. The van der Waals surface area contributed by atoms with Crippen molar-refractivity contribution in [1.29, 1.82) is 0 Å². The highest BCUT2D eigenvalue weighted by atomic mass is 32.2. The van der Waals surface area contributed by atoms with Crippen molar-refractivity contribution >= 4 is 29.2 Å². The number of hydrogen-bond donors (Lipinski definition) is 0. The molecule has 0 saturated carbocycles. The SMILES string of the molecule is CSc1ccc(Cc2nnc3n(c2=O)N=C(c2ccc(F)cc2)CS3)cc1. The molecule has 136 valence electrons. The molecule has 2 aromatic carbocycles. The fourth-order valence-corrected chi connectivity index (χ4v) is 3.93. The van der Waals surface area contributed by atoms with E-state index in [4.69, 9.17) is 0 Å². The summed E-state index contributed by atoms with van der Waals surface area (Å²) in [4.78, 5) is 14.0. The summed E-state index contributed by atoms with van der Waals surface area (Å²) in [6.45, 7) is 0. The van der Waals surface area contributed by atoms with Crippen LogP contribution in [0.1, 0.15) is 16.8 Å². The van der Waals surface area contributed by atoms with E-state index in [1.54, 1.807) is 23.9 Å². The number of aromatic nitrogens is 3. The van der Waals surface area contributed by atoms with Crippen molar-refractivity contribution in [2.45, 2.75) is 16.5 Å². The molecule has 1 aromatic heterocycles. The van der Waals surface area contributed by atoms with Crippen LogP contribution in [0.15, 0.2) is 68.5 Å². The van der Waals surface area contributed by atoms with Crippen LogP contribution in [0.25, 0.3) is 0 Å². The van der Waals surface area contributed by atoms with Crippen LogP contribution < -0.4 is 5.56 Å². The maximum absolute atomic E-state index is 13.1. The zero-order valence-electron chi connectivity index (χ0n) is 14.4. The van der Waals surface area contributed by atoms with E-state index in [0.29, 0.717) is 28.7 Å². The van der Waals surface area contributed by atoms with Crippen LogP contribution in [0.4, 0.5) is 4.39 Å². The van der Waals surface area contributed by atoms with Gasteiger partial charge in [0.05, 0.1) is 5.71 Å². The zero-order valence-corrected chi connectivity index (χ0v) is 16.1. The quantitative estimate of drug-likeness (QED) is 0.630. The highest BCUT2D eigenvalue weighted by molar-refractivity contribution is 7.99. The van der Waals surface area contributed by atoms with Crippen LogP contribution in [-0.4, -0.2) is 32.6 Å². The number of fused-ring (bicyclic) bond motifs is 1. The topological polar surface area (TPSA) is 60.1 Å². The number of rotatable bonds is 4. The van der Waals surface area contributed by atoms with Crippen LogP contribution in [0.5, 0.6) is 0 Å². The number of thioether (sulfide) groups is 2. The number of benzene rings is 2. The Labute approximate surface area is 163 Å². The van der Waals surface area contributed by atoms with Crippen molar-refractivity contribution < 1.29 is 4.39 Å². The Morgan fingerprint density at radius 2 is 1.85 bits per heavy atom. The highest BCUT2D eigenvalue weighted by Gasteiger charge is 2.19. The predicted octanol–water partition coefficient (Wildman–Crippen LogP) is 3.45. The number of nitrogens with zero attached hydrogens (tertiary/aromatic N) is 4. The van der Waals surface area contributed by atoms with Crippen molar-refractivity contribution in [3.05, 3.63) is 81.5 Å². The molecule has 3 aromatic rings. The fraction of sp³-hybridized carbons (Fsp3) is 0.158. The van der Waals surface area contributed by atoms with Crippen molar-refractivity contribution in [2.24, 2.45) is 5.10 Å². The van der Waals surface area contributed by atoms with Gasteiger partial charge < -0.3 is 0 Å². The molecule has 1 aliphatic heterocycles. The molecule has 5 nitrogen and oxygen atoms in total. The number of hydrogen-bond acceptors (Lipinski definition) is 6. The predicted molar refractivity (Wildman–Crippen MR) is 106 cm³/mol. The van der Waals surface area contributed by atoms with Gasteiger partial charge in [0.15, 0.2) is 0 Å². The molecule has 4 rings (SSSR count).